The molecule has 1 aromatic carbocycles. The lowest BCUT2D eigenvalue weighted by Crippen LogP contribution is -2.38. The molecular formula is C14H17NO3. The lowest BCUT2D eigenvalue weighted by molar-refractivity contribution is 0.0690. The number of hydrogen-bond donors (Lipinski definition) is 0. The normalized spacial score (nSPS) is 17.1. The molecule has 0 atom stereocenters. The predicted octanol–water partition coefficient (Wildman–Crippen LogP) is 2.43. The van der Waals surface area contributed by atoms with Gasteiger partial charge in [0.15, 0.2) is 11.5 Å². The molecule has 18 heavy (non-hydrogen) atoms. The van der Waals surface area contributed by atoms with Crippen LogP contribution >= 0.6 is 0 Å². The number of nitrogens with zero attached hydrogens (tertiary/aromatic N) is 1. The first-order valence-electron chi connectivity index (χ1n) is 6.39. The molecule has 0 unspecified atom stereocenters. The summed E-state index contributed by atoms with van der Waals surface area (Å²) in [5.74, 6) is 1.47. The number of hydrogen-bond acceptors (Lipinski definition) is 3. The lowest BCUT2D eigenvalue weighted by atomic mass is 10.1. The van der Waals surface area contributed by atoms with Gasteiger partial charge < -0.3 is 14.4 Å². The van der Waals surface area contributed by atoms with Gasteiger partial charge >= 0.3 is 0 Å². The second kappa shape index (κ2) is 4.19. The minimum absolute atomic E-state index is 0.0887. The molecule has 1 saturated carbocycles. The molecular weight excluding hydrogens is 230 g/mol. The van der Waals surface area contributed by atoms with Crippen LogP contribution in [0.15, 0.2) is 18.2 Å². The van der Waals surface area contributed by atoms with Gasteiger partial charge in [-0.3, -0.25) is 4.79 Å². The summed E-state index contributed by atoms with van der Waals surface area (Å²) in [7, 11) is 0. The highest BCUT2D eigenvalue weighted by atomic mass is 16.7. The summed E-state index contributed by atoms with van der Waals surface area (Å²) in [6, 6.07) is 6.05. The van der Waals surface area contributed by atoms with E-state index in [9.17, 15) is 4.79 Å². The van der Waals surface area contributed by atoms with Gasteiger partial charge in [-0.2, -0.15) is 0 Å². The molecule has 0 saturated heterocycles. The smallest absolute Gasteiger partial charge is 0.254 e. The van der Waals surface area contributed by atoms with Gasteiger partial charge in [-0.1, -0.05) is 0 Å². The molecule has 4 heteroatoms. The van der Waals surface area contributed by atoms with Crippen LogP contribution in [0.3, 0.4) is 0 Å². The SMILES string of the molecule is CC(C)N(C(=O)c1ccc2c(c1)OCO2)C1CC1. The van der Waals surface area contributed by atoms with Gasteiger partial charge in [-0.15, -0.1) is 0 Å². The summed E-state index contributed by atoms with van der Waals surface area (Å²) < 4.78 is 10.6. The van der Waals surface area contributed by atoms with Crippen LogP contribution in [0, 0.1) is 0 Å². The maximum absolute atomic E-state index is 12.5. The highest BCUT2D eigenvalue weighted by Gasteiger charge is 2.35. The highest BCUT2D eigenvalue weighted by Crippen LogP contribution is 2.35. The van der Waals surface area contributed by atoms with E-state index < -0.39 is 0 Å². The second-order valence-electron chi connectivity index (χ2n) is 5.11. The van der Waals surface area contributed by atoms with Crippen LogP contribution in [-0.4, -0.2) is 29.7 Å². The monoisotopic (exact) mass is 247 g/mol. The third-order valence-corrected chi connectivity index (χ3v) is 3.35. The van der Waals surface area contributed by atoms with Crippen LogP contribution in [-0.2, 0) is 0 Å². The molecule has 0 N–H and O–H groups in total. The van der Waals surface area contributed by atoms with E-state index in [1.165, 1.54) is 0 Å². The van der Waals surface area contributed by atoms with Gasteiger partial charge in [-0.25, -0.2) is 0 Å². The Morgan fingerprint density at radius 2 is 2.00 bits per heavy atom. The van der Waals surface area contributed by atoms with Crippen LogP contribution in [0.25, 0.3) is 0 Å². The van der Waals surface area contributed by atoms with Crippen LogP contribution in [0.4, 0.5) is 0 Å². The first-order valence-corrected chi connectivity index (χ1v) is 6.39. The quantitative estimate of drug-likeness (QED) is 0.823. The van der Waals surface area contributed by atoms with Crippen molar-refractivity contribution >= 4 is 5.91 Å². The third-order valence-electron chi connectivity index (χ3n) is 3.35. The Kier molecular flexibility index (Phi) is 2.65. The van der Waals surface area contributed by atoms with Crippen molar-refractivity contribution in [3.8, 4) is 11.5 Å². The molecule has 1 aromatic rings. The fourth-order valence-electron chi connectivity index (χ4n) is 2.35. The number of ether oxygens (including phenoxy) is 2. The van der Waals surface area contributed by atoms with Crippen molar-refractivity contribution in [1.82, 2.24) is 4.90 Å². The number of fused-ring (bicyclic) bond motifs is 1. The van der Waals surface area contributed by atoms with Crippen molar-refractivity contribution in [1.29, 1.82) is 0 Å². The topological polar surface area (TPSA) is 38.8 Å². The van der Waals surface area contributed by atoms with Gasteiger partial charge in [-0.05, 0) is 44.9 Å². The average molecular weight is 247 g/mol. The lowest BCUT2D eigenvalue weighted by Gasteiger charge is -2.26. The van der Waals surface area contributed by atoms with Crippen molar-refractivity contribution in [3.63, 3.8) is 0 Å². The molecule has 4 nitrogen and oxygen atoms in total. The summed E-state index contributed by atoms with van der Waals surface area (Å²) in [6.45, 7) is 4.36. The van der Waals surface area contributed by atoms with Gasteiger partial charge in [0, 0.05) is 17.6 Å². The predicted molar refractivity (Wildman–Crippen MR) is 66.9 cm³/mol. The Balaban J connectivity index is 1.87. The van der Waals surface area contributed by atoms with E-state index in [1.807, 2.05) is 11.0 Å². The van der Waals surface area contributed by atoms with E-state index in [0.717, 1.165) is 12.8 Å². The van der Waals surface area contributed by atoms with Crippen molar-refractivity contribution in [2.24, 2.45) is 0 Å². The van der Waals surface area contributed by atoms with Gasteiger partial charge in [0.2, 0.25) is 6.79 Å². The van der Waals surface area contributed by atoms with Crippen molar-refractivity contribution in [2.75, 3.05) is 6.79 Å². The Hall–Kier alpha value is -1.71. The van der Waals surface area contributed by atoms with E-state index >= 15 is 0 Å². The molecule has 0 aromatic heterocycles. The zero-order valence-electron chi connectivity index (χ0n) is 10.7. The number of rotatable bonds is 3. The summed E-state index contributed by atoms with van der Waals surface area (Å²) in [4.78, 5) is 14.5. The molecule has 1 amide bonds. The van der Waals surface area contributed by atoms with Gasteiger partial charge in [0.25, 0.3) is 5.91 Å². The first-order chi connectivity index (χ1) is 8.66. The summed E-state index contributed by atoms with van der Waals surface area (Å²) in [5.41, 5.74) is 0.680. The Morgan fingerprint density at radius 3 is 2.67 bits per heavy atom. The zero-order chi connectivity index (χ0) is 12.7. The van der Waals surface area contributed by atoms with Crippen LogP contribution < -0.4 is 9.47 Å². The molecule has 0 radical (unpaired) electrons. The van der Waals surface area contributed by atoms with Crippen LogP contribution in [0.2, 0.25) is 0 Å². The minimum atomic E-state index is 0.0887. The molecule has 1 aliphatic carbocycles. The van der Waals surface area contributed by atoms with Crippen LogP contribution in [0.5, 0.6) is 11.5 Å². The van der Waals surface area contributed by atoms with Crippen molar-refractivity contribution in [2.45, 2.75) is 38.8 Å². The van der Waals surface area contributed by atoms with Gasteiger partial charge in [0.1, 0.15) is 0 Å². The summed E-state index contributed by atoms with van der Waals surface area (Å²) in [6.07, 6.45) is 2.24. The minimum Gasteiger partial charge on any atom is -0.454 e. The van der Waals surface area contributed by atoms with Crippen molar-refractivity contribution < 1.29 is 14.3 Å². The number of amides is 1. The fraction of sp³-hybridized carbons (Fsp3) is 0.500. The molecule has 1 aliphatic heterocycles. The maximum atomic E-state index is 12.5. The summed E-state index contributed by atoms with van der Waals surface area (Å²) >= 11 is 0. The second-order valence-corrected chi connectivity index (χ2v) is 5.11. The average Bonchev–Trinajstić information content (AvgIpc) is 3.05. The molecule has 0 bridgehead atoms. The number of carbonyl (C=O) groups excluding carboxylic acids is 1. The van der Waals surface area contributed by atoms with E-state index in [4.69, 9.17) is 9.47 Å². The van der Waals surface area contributed by atoms with E-state index in [-0.39, 0.29) is 18.7 Å². The third kappa shape index (κ3) is 1.92. The zero-order valence-corrected chi connectivity index (χ0v) is 10.7. The summed E-state index contributed by atoms with van der Waals surface area (Å²) in [5, 5.41) is 0. The first kappa shape index (κ1) is 11.4. The molecule has 0 spiro atoms. The van der Waals surface area contributed by atoms with Crippen LogP contribution in [0.1, 0.15) is 37.0 Å². The van der Waals surface area contributed by atoms with E-state index in [2.05, 4.69) is 13.8 Å². The van der Waals surface area contributed by atoms with E-state index in [1.54, 1.807) is 12.1 Å². The molecule has 3 rings (SSSR count). The molecule has 2 aliphatic rings. The number of carbonyl (C=O) groups is 1. The Morgan fingerprint density at radius 1 is 1.28 bits per heavy atom. The van der Waals surface area contributed by atoms with E-state index in [0.29, 0.717) is 23.1 Å². The Labute approximate surface area is 106 Å². The number of benzene rings is 1. The standard InChI is InChI=1S/C14H17NO3/c1-9(2)15(11-4-5-11)14(16)10-3-6-12-13(7-10)18-8-17-12/h3,6-7,9,11H,4-5,8H2,1-2H3. The molecule has 1 heterocycles. The van der Waals surface area contributed by atoms with Crippen molar-refractivity contribution in [3.05, 3.63) is 23.8 Å². The fourth-order valence-corrected chi connectivity index (χ4v) is 2.35. The largest absolute Gasteiger partial charge is 0.454 e. The molecule has 1 fully saturated rings. The maximum Gasteiger partial charge on any atom is 0.254 e. The highest BCUT2D eigenvalue weighted by molar-refractivity contribution is 5.95. The van der Waals surface area contributed by atoms with Gasteiger partial charge in [0.05, 0.1) is 0 Å². The Bertz CT molecular complexity index is 478. The molecule has 96 valence electrons.